The molecule has 0 saturated carbocycles. The molecule has 0 unspecified atom stereocenters. The number of aliphatic carboxylic acids is 1. The second-order valence-electron chi connectivity index (χ2n) is 5.69. The summed E-state index contributed by atoms with van der Waals surface area (Å²) in [7, 11) is 0. The molecule has 1 heterocycles. The summed E-state index contributed by atoms with van der Waals surface area (Å²) in [6, 6.07) is 3.08. The third kappa shape index (κ3) is 4.51. The van der Waals surface area contributed by atoms with Gasteiger partial charge in [-0.3, -0.25) is 9.59 Å². The van der Waals surface area contributed by atoms with Gasteiger partial charge in [-0.25, -0.2) is 8.78 Å². The van der Waals surface area contributed by atoms with Crippen LogP contribution in [0, 0.1) is 17.6 Å². The molecule has 0 bridgehead atoms. The lowest BCUT2D eigenvalue weighted by Crippen LogP contribution is -2.33. The van der Waals surface area contributed by atoms with Crippen LogP contribution >= 0.6 is 0 Å². The van der Waals surface area contributed by atoms with E-state index in [2.05, 4.69) is 0 Å². The number of carbonyl (C=O) groups excluding carboxylic acids is 1. The van der Waals surface area contributed by atoms with Gasteiger partial charge in [0.2, 0.25) is 5.91 Å². The van der Waals surface area contributed by atoms with Crippen LogP contribution in [0.2, 0.25) is 0 Å². The van der Waals surface area contributed by atoms with E-state index >= 15 is 0 Å². The minimum Gasteiger partial charge on any atom is -0.481 e. The second-order valence-corrected chi connectivity index (χ2v) is 5.69. The summed E-state index contributed by atoms with van der Waals surface area (Å²) in [5.74, 6) is -2.16. The molecule has 22 heavy (non-hydrogen) atoms. The van der Waals surface area contributed by atoms with Crippen LogP contribution in [0.15, 0.2) is 18.2 Å². The largest absolute Gasteiger partial charge is 0.481 e. The molecule has 2 rings (SSSR count). The van der Waals surface area contributed by atoms with Crippen LogP contribution in [0.5, 0.6) is 0 Å². The second kappa shape index (κ2) is 7.33. The first-order valence-electron chi connectivity index (χ1n) is 7.39. The quantitative estimate of drug-likeness (QED) is 0.930. The van der Waals surface area contributed by atoms with Gasteiger partial charge in [0.1, 0.15) is 11.6 Å². The van der Waals surface area contributed by atoms with E-state index in [1.165, 1.54) is 0 Å². The number of hydrogen-bond acceptors (Lipinski definition) is 2. The number of carboxylic acids is 1. The van der Waals surface area contributed by atoms with Gasteiger partial charge in [-0.05, 0) is 43.4 Å². The van der Waals surface area contributed by atoms with E-state index in [0.717, 1.165) is 31.0 Å². The van der Waals surface area contributed by atoms with Gasteiger partial charge in [0.05, 0.1) is 6.42 Å². The van der Waals surface area contributed by atoms with E-state index in [4.69, 9.17) is 5.11 Å². The van der Waals surface area contributed by atoms with Gasteiger partial charge < -0.3 is 10.0 Å². The number of nitrogens with zero attached hydrogens (tertiary/aromatic N) is 1. The fourth-order valence-electron chi connectivity index (χ4n) is 2.82. The van der Waals surface area contributed by atoms with Crippen LogP contribution in [0.3, 0.4) is 0 Å². The Bertz CT molecular complexity index is 562. The first-order chi connectivity index (χ1) is 10.5. The predicted molar refractivity (Wildman–Crippen MR) is 76.2 cm³/mol. The van der Waals surface area contributed by atoms with Crippen LogP contribution < -0.4 is 0 Å². The van der Waals surface area contributed by atoms with Crippen molar-refractivity contribution in [1.82, 2.24) is 4.90 Å². The Morgan fingerprint density at radius 1 is 1.23 bits per heavy atom. The Morgan fingerprint density at radius 2 is 2.00 bits per heavy atom. The van der Waals surface area contributed by atoms with Gasteiger partial charge in [0.25, 0.3) is 0 Å². The molecule has 1 aliphatic rings. The van der Waals surface area contributed by atoms with Crippen molar-refractivity contribution in [2.24, 2.45) is 5.92 Å². The van der Waals surface area contributed by atoms with E-state index < -0.39 is 17.6 Å². The monoisotopic (exact) mass is 311 g/mol. The molecule has 1 amide bonds. The molecule has 1 aliphatic heterocycles. The number of halogens is 2. The number of likely N-dealkylation sites (tertiary alicyclic amines) is 1. The Kier molecular flexibility index (Phi) is 5.46. The highest BCUT2D eigenvalue weighted by atomic mass is 19.1. The maximum absolute atomic E-state index is 13.6. The average Bonchev–Trinajstić information content (AvgIpc) is 2.68. The van der Waals surface area contributed by atoms with E-state index in [-0.39, 0.29) is 30.2 Å². The standard InChI is InChI=1S/C16H19F2NO3/c17-13-3-4-14(18)12(9-13)10-15(20)19-6-1-2-11(5-7-19)8-16(21)22/h3-4,9,11H,1-2,5-8,10H2,(H,21,22)/t11-/m1/s1. The van der Waals surface area contributed by atoms with Gasteiger partial charge in [-0.15, -0.1) is 0 Å². The van der Waals surface area contributed by atoms with Crippen molar-refractivity contribution in [3.8, 4) is 0 Å². The minimum atomic E-state index is -0.827. The fourth-order valence-corrected chi connectivity index (χ4v) is 2.82. The molecule has 1 saturated heterocycles. The lowest BCUT2D eigenvalue weighted by Gasteiger charge is -2.20. The Morgan fingerprint density at radius 3 is 2.73 bits per heavy atom. The Labute approximate surface area is 127 Å². The molecule has 1 aromatic rings. The molecule has 6 heteroatoms. The normalized spacial score (nSPS) is 18.8. The van der Waals surface area contributed by atoms with Crippen molar-refractivity contribution >= 4 is 11.9 Å². The van der Waals surface area contributed by atoms with Crippen LogP contribution in [0.25, 0.3) is 0 Å². The smallest absolute Gasteiger partial charge is 0.303 e. The molecule has 1 N–H and O–H groups in total. The molecule has 0 radical (unpaired) electrons. The highest BCUT2D eigenvalue weighted by Crippen LogP contribution is 2.21. The highest BCUT2D eigenvalue weighted by Gasteiger charge is 2.23. The first-order valence-corrected chi connectivity index (χ1v) is 7.39. The van der Waals surface area contributed by atoms with Crippen LogP contribution in [0.4, 0.5) is 8.78 Å². The van der Waals surface area contributed by atoms with Crippen LogP contribution in [-0.2, 0) is 16.0 Å². The molecule has 1 fully saturated rings. The molecule has 0 aromatic heterocycles. The molecule has 1 atom stereocenters. The zero-order valence-corrected chi connectivity index (χ0v) is 12.2. The van der Waals surface area contributed by atoms with Crippen molar-refractivity contribution < 1.29 is 23.5 Å². The van der Waals surface area contributed by atoms with Crippen LogP contribution in [-0.4, -0.2) is 35.0 Å². The average molecular weight is 311 g/mol. The van der Waals surface area contributed by atoms with Crippen molar-refractivity contribution in [3.05, 3.63) is 35.4 Å². The maximum Gasteiger partial charge on any atom is 0.303 e. The number of amides is 1. The van der Waals surface area contributed by atoms with Gasteiger partial charge >= 0.3 is 5.97 Å². The zero-order valence-electron chi connectivity index (χ0n) is 12.2. The topological polar surface area (TPSA) is 57.6 Å². The van der Waals surface area contributed by atoms with E-state index in [9.17, 15) is 18.4 Å². The molecule has 1 aromatic carbocycles. The van der Waals surface area contributed by atoms with E-state index in [1.807, 2.05) is 0 Å². The van der Waals surface area contributed by atoms with Gasteiger partial charge in [-0.1, -0.05) is 0 Å². The summed E-state index contributed by atoms with van der Waals surface area (Å²) < 4.78 is 26.7. The third-order valence-electron chi connectivity index (χ3n) is 4.01. The van der Waals surface area contributed by atoms with Crippen molar-refractivity contribution in [3.63, 3.8) is 0 Å². The number of rotatable bonds is 4. The molecular formula is C16H19F2NO3. The molecule has 120 valence electrons. The third-order valence-corrected chi connectivity index (χ3v) is 4.01. The fraction of sp³-hybridized carbons (Fsp3) is 0.500. The number of carbonyl (C=O) groups is 2. The maximum atomic E-state index is 13.6. The molecular weight excluding hydrogens is 292 g/mol. The lowest BCUT2D eigenvalue weighted by atomic mass is 9.97. The van der Waals surface area contributed by atoms with Gasteiger partial charge in [0, 0.05) is 25.1 Å². The van der Waals surface area contributed by atoms with Gasteiger partial charge in [-0.2, -0.15) is 0 Å². The molecule has 0 aliphatic carbocycles. The highest BCUT2D eigenvalue weighted by molar-refractivity contribution is 5.78. The summed E-state index contributed by atoms with van der Waals surface area (Å²) >= 11 is 0. The van der Waals surface area contributed by atoms with Crippen LogP contribution in [0.1, 0.15) is 31.2 Å². The zero-order chi connectivity index (χ0) is 16.1. The van der Waals surface area contributed by atoms with Crippen molar-refractivity contribution in [2.45, 2.75) is 32.1 Å². The van der Waals surface area contributed by atoms with Crippen molar-refractivity contribution in [2.75, 3.05) is 13.1 Å². The Balaban J connectivity index is 1.95. The van der Waals surface area contributed by atoms with Gasteiger partial charge in [0.15, 0.2) is 0 Å². The molecule has 4 nitrogen and oxygen atoms in total. The van der Waals surface area contributed by atoms with Crippen molar-refractivity contribution in [1.29, 1.82) is 0 Å². The predicted octanol–water partition coefficient (Wildman–Crippen LogP) is 2.61. The number of benzene rings is 1. The first kappa shape index (κ1) is 16.4. The summed E-state index contributed by atoms with van der Waals surface area (Å²) in [5.41, 5.74) is 0.0522. The summed E-state index contributed by atoms with van der Waals surface area (Å²) in [4.78, 5) is 24.6. The minimum absolute atomic E-state index is 0.0522. The summed E-state index contributed by atoms with van der Waals surface area (Å²) in [5, 5.41) is 8.83. The lowest BCUT2D eigenvalue weighted by molar-refractivity contribution is -0.138. The molecule has 0 spiro atoms. The Hall–Kier alpha value is -1.98. The number of carboxylic acid groups (broad SMARTS) is 1. The van der Waals surface area contributed by atoms with E-state index in [0.29, 0.717) is 19.5 Å². The number of hydrogen-bond donors (Lipinski definition) is 1. The summed E-state index contributed by atoms with van der Waals surface area (Å²) in [6.07, 6.45) is 2.07. The summed E-state index contributed by atoms with van der Waals surface area (Å²) in [6.45, 7) is 1.000. The SMILES string of the molecule is O=C(O)C[C@@H]1CCCN(C(=O)Cc2cc(F)ccc2F)CC1. The van der Waals surface area contributed by atoms with E-state index in [1.54, 1.807) is 4.90 Å².